The Morgan fingerprint density at radius 2 is 2.05 bits per heavy atom. The summed E-state index contributed by atoms with van der Waals surface area (Å²) in [5.41, 5.74) is 0.457. The normalized spacial score (nSPS) is 34.7. The Kier molecular flexibility index (Phi) is 5.72. The number of hydrogen-bond acceptors (Lipinski definition) is 3. The van der Waals surface area contributed by atoms with Crippen LogP contribution in [0.5, 0.6) is 0 Å². The van der Waals surface area contributed by atoms with Gasteiger partial charge in [-0.2, -0.15) is 0 Å². The Morgan fingerprint density at radius 1 is 1.29 bits per heavy atom. The Hall–Kier alpha value is -0.120. The molecular formula is C18H36N2O. The molecular weight excluding hydrogens is 260 g/mol. The molecule has 2 aliphatic rings. The van der Waals surface area contributed by atoms with E-state index in [1.54, 1.807) is 0 Å². The highest BCUT2D eigenvalue weighted by Crippen LogP contribution is 2.39. The standard InChI is InChI=1S/C18H36N2O/c1-5-19-18(14-21)10-6-7-15(18)8-11-20-12-9-16(13-20)17(2,3)4/h15-16,19,21H,5-14H2,1-4H3. The number of aliphatic hydroxyl groups is 1. The Morgan fingerprint density at radius 3 is 2.62 bits per heavy atom. The number of rotatable bonds is 6. The zero-order valence-corrected chi connectivity index (χ0v) is 14.6. The molecule has 0 bridgehead atoms. The summed E-state index contributed by atoms with van der Waals surface area (Å²) in [6, 6.07) is 0. The van der Waals surface area contributed by atoms with Gasteiger partial charge in [-0.15, -0.1) is 0 Å². The van der Waals surface area contributed by atoms with Crippen molar-refractivity contribution in [3.8, 4) is 0 Å². The van der Waals surface area contributed by atoms with E-state index in [2.05, 4.69) is 37.9 Å². The molecule has 1 heterocycles. The topological polar surface area (TPSA) is 35.5 Å². The van der Waals surface area contributed by atoms with Crippen molar-refractivity contribution < 1.29 is 5.11 Å². The third kappa shape index (κ3) is 4.00. The molecule has 0 radical (unpaired) electrons. The second kappa shape index (κ2) is 6.97. The van der Waals surface area contributed by atoms with Crippen molar-refractivity contribution in [1.82, 2.24) is 10.2 Å². The SMILES string of the molecule is CCNC1(CO)CCCC1CCN1CCC(C(C)(C)C)C1. The fraction of sp³-hybridized carbons (Fsp3) is 1.00. The molecule has 3 unspecified atom stereocenters. The van der Waals surface area contributed by atoms with Gasteiger partial charge in [0.05, 0.1) is 6.61 Å². The van der Waals surface area contributed by atoms with Crippen LogP contribution in [0.3, 0.4) is 0 Å². The van der Waals surface area contributed by atoms with Crippen LogP contribution < -0.4 is 5.32 Å². The molecule has 3 atom stereocenters. The molecule has 2 fully saturated rings. The minimum Gasteiger partial charge on any atom is -0.394 e. The van der Waals surface area contributed by atoms with Gasteiger partial charge < -0.3 is 15.3 Å². The molecule has 0 amide bonds. The number of nitrogens with zero attached hydrogens (tertiary/aromatic N) is 1. The number of hydrogen-bond donors (Lipinski definition) is 2. The average Bonchev–Trinajstić information content (AvgIpc) is 3.03. The van der Waals surface area contributed by atoms with Crippen LogP contribution in [0.2, 0.25) is 0 Å². The first kappa shape index (κ1) is 17.2. The molecule has 1 aliphatic carbocycles. The van der Waals surface area contributed by atoms with Gasteiger partial charge in [-0.05, 0) is 62.6 Å². The molecule has 3 heteroatoms. The van der Waals surface area contributed by atoms with E-state index in [4.69, 9.17) is 0 Å². The Balaban J connectivity index is 1.83. The van der Waals surface area contributed by atoms with Gasteiger partial charge in [-0.25, -0.2) is 0 Å². The van der Waals surface area contributed by atoms with Gasteiger partial charge in [0.15, 0.2) is 0 Å². The van der Waals surface area contributed by atoms with Gasteiger partial charge >= 0.3 is 0 Å². The van der Waals surface area contributed by atoms with Gasteiger partial charge in [0.1, 0.15) is 0 Å². The van der Waals surface area contributed by atoms with Crippen molar-refractivity contribution in [2.45, 2.75) is 65.3 Å². The molecule has 2 N–H and O–H groups in total. The van der Waals surface area contributed by atoms with E-state index in [1.165, 1.54) is 45.3 Å². The van der Waals surface area contributed by atoms with E-state index in [-0.39, 0.29) is 5.54 Å². The van der Waals surface area contributed by atoms with Crippen molar-refractivity contribution in [3.05, 3.63) is 0 Å². The maximum atomic E-state index is 9.88. The van der Waals surface area contributed by atoms with Crippen LogP contribution in [0.1, 0.15) is 59.8 Å². The van der Waals surface area contributed by atoms with Crippen LogP contribution in [0.15, 0.2) is 0 Å². The average molecular weight is 296 g/mol. The van der Waals surface area contributed by atoms with E-state index in [9.17, 15) is 5.11 Å². The zero-order chi connectivity index (χ0) is 15.5. The minimum absolute atomic E-state index is 0.0118. The first-order valence-corrected chi connectivity index (χ1v) is 8.99. The summed E-state index contributed by atoms with van der Waals surface area (Å²) >= 11 is 0. The quantitative estimate of drug-likeness (QED) is 0.791. The lowest BCUT2D eigenvalue weighted by atomic mass is 9.80. The highest BCUT2D eigenvalue weighted by Gasteiger charge is 2.41. The summed E-state index contributed by atoms with van der Waals surface area (Å²) < 4.78 is 0. The van der Waals surface area contributed by atoms with E-state index >= 15 is 0 Å². The maximum absolute atomic E-state index is 9.88. The lowest BCUT2D eigenvalue weighted by Crippen LogP contribution is -2.51. The van der Waals surface area contributed by atoms with E-state index in [1.807, 2.05) is 0 Å². The summed E-state index contributed by atoms with van der Waals surface area (Å²) in [6.07, 6.45) is 6.29. The van der Waals surface area contributed by atoms with Crippen LogP contribution >= 0.6 is 0 Å². The molecule has 21 heavy (non-hydrogen) atoms. The molecule has 1 aliphatic heterocycles. The van der Waals surface area contributed by atoms with Crippen molar-refractivity contribution in [1.29, 1.82) is 0 Å². The molecule has 0 aromatic rings. The van der Waals surface area contributed by atoms with Crippen molar-refractivity contribution >= 4 is 0 Å². The molecule has 0 spiro atoms. The summed E-state index contributed by atoms with van der Waals surface area (Å²) in [5.74, 6) is 1.49. The summed E-state index contributed by atoms with van der Waals surface area (Å²) in [4.78, 5) is 2.66. The zero-order valence-electron chi connectivity index (χ0n) is 14.6. The molecule has 124 valence electrons. The summed E-state index contributed by atoms with van der Waals surface area (Å²) in [5, 5.41) is 13.5. The molecule has 3 nitrogen and oxygen atoms in total. The fourth-order valence-electron chi connectivity index (χ4n) is 4.49. The maximum Gasteiger partial charge on any atom is 0.0616 e. The van der Waals surface area contributed by atoms with Crippen LogP contribution in [0.25, 0.3) is 0 Å². The van der Waals surface area contributed by atoms with Crippen LogP contribution in [-0.2, 0) is 0 Å². The van der Waals surface area contributed by atoms with Crippen LogP contribution in [0, 0.1) is 17.3 Å². The predicted molar refractivity (Wildman–Crippen MR) is 89.5 cm³/mol. The Labute approximate surface area is 131 Å². The Bertz CT molecular complexity index is 326. The second-order valence-corrected chi connectivity index (χ2v) is 8.37. The van der Waals surface area contributed by atoms with Crippen molar-refractivity contribution in [3.63, 3.8) is 0 Å². The van der Waals surface area contributed by atoms with Gasteiger partial charge in [0.2, 0.25) is 0 Å². The molecule has 0 aromatic heterocycles. The second-order valence-electron chi connectivity index (χ2n) is 8.37. The molecule has 0 aromatic carbocycles. The monoisotopic (exact) mass is 296 g/mol. The van der Waals surface area contributed by atoms with E-state index in [0.717, 1.165) is 18.9 Å². The number of likely N-dealkylation sites (tertiary alicyclic amines) is 1. The number of likely N-dealkylation sites (N-methyl/N-ethyl adjacent to an activating group) is 1. The van der Waals surface area contributed by atoms with Crippen LogP contribution in [0.4, 0.5) is 0 Å². The first-order chi connectivity index (χ1) is 9.91. The third-order valence-electron chi connectivity index (χ3n) is 6.06. The highest BCUT2D eigenvalue weighted by molar-refractivity contribution is 4.99. The highest BCUT2D eigenvalue weighted by atomic mass is 16.3. The molecule has 1 saturated heterocycles. The van der Waals surface area contributed by atoms with E-state index < -0.39 is 0 Å². The largest absolute Gasteiger partial charge is 0.394 e. The van der Waals surface area contributed by atoms with E-state index in [0.29, 0.717) is 17.9 Å². The predicted octanol–water partition coefficient (Wildman–Crippen LogP) is 2.89. The van der Waals surface area contributed by atoms with Crippen molar-refractivity contribution in [2.75, 3.05) is 32.8 Å². The summed E-state index contributed by atoms with van der Waals surface area (Å²) in [6.45, 7) is 14.3. The van der Waals surface area contributed by atoms with Gasteiger partial charge in [-0.3, -0.25) is 0 Å². The smallest absolute Gasteiger partial charge is 0.0616 e. The first-order valence-electron chi connectivity index (χ1n) is 8.99. The number of aliphatic hydroxyl groups excluding tert-OH is 1. The van der Waals surface area contributed by atoms with Gasteiger partial charge in [0, 0.05) is 12.1 Å². The lowest BCUT2D eigenvalue weighted by Gasteiger charge is -2.36. The van der Waals surface area contributed by atoms with Crippen molar-refractivity contribution in [2.24, 2.45) is 17.3 Å². The minimum atomic E-state index is 0.0118. The van der Waals surface area contributed by atoms with Gasteiger partial charge in [0.25, 0.3) is 0 Å². The third-order valence-corrected chi connectivity index (χ3v) is 6.06. The fourth-order valence-corrected chi connectivity index (χ4v) is 4.49. The molecule has 1 saturated carbocycles. The number of nitrogens with one attached hydrogen (secondary N) is 1. The molecule has 2 rings (SSSR count). The summed E-state index contributed by atoms with van der Waals surface area (Å²) in [7, 11) is 0. The van der Waals surface area contributed by atoms with Gasteiger partial charge in [-0.1, -0.05) is 34.1 Å². The van der Waals surface area contributed by atoms with Crippen LogP contribution in [-0.4, -0.2) is 48.3 Å². The lowest BCUT2D eigenvalue weighted by molar-refractivity contribution is 0.113.